The smallest absolute Gasteiger partial charge is 0.328 e. The van der Waals surface area contributed by atoms with Gasteiger partial charge in [-0.3, -0.25) is 0 Å². The second kappa shape index (κ2) is 3.45. The summed E-state index contributed by atoms with van der Waals surface area (Å²) in [6, 6.07) is 4.49. The van der Waals surface area contributed by atoms with E-state index in [4.69, 9.17) is 14.6 Å². The van der Waals surface area contributed by atoms with Gasteiger partial charge in [-0.1, -0.05) is 0 Å². The third-order valence-corrected chi connectivity index (χ3v) is 1.76. The topological polar surface area (TPSA) is 83.6 Å². The van der Waals surface area contributed by atoms with Crippen LogP contribution in [0.2, 0.25) is 0 Å². The number of carboxylic acid groups (broad SMARTS) is 1. The van der Waals surface area contributed by atoms with Gasteiger partial charge in [-0.25, -0.2) is 9.78 Å². The molecule has 0 saturated carbocycles. The zero-order valence-corrected chi connectivity index (χ0v) is 7.54. The third kappa shape index (κ3) is 1.96. The lowest BCUT2D eigenvalue weighted by Crippen LogP contribution is -1.85. The Labute approximate surface area is 84.3 Å². The summed E-state index contributed by atoms with van der Waals surface area (Å²) < 4.78 is 5.18. The first-order valence-corrected chi connectivity index (χ1v) is 4.16. The number of phenols is 1. The van der Waals surface area contributed by atoms with Crippen LogP contribution in [0.5, 0.6) is 5.75 Å². The third-order valence-electron chi connectivity index (χ3n) is 1.76. The van der Waals surface area contributed by atoms with E-state index in [0.29, 0.717) is 11.1 Å². The molecule has 2 N–H and O–H groups in total. The highest BCUT2D eigenvalue weighted by Crippen LogP contribution is 2.20. The summed E-state index contributed by atoms with van der Waals surface area (Å²) in [4.78, 5) is 14.2. The average molecular weight is 205 g/mol. The quantitative estimate of drug-likeness (QED) is 0.728. The standard InChI is InChI=1S/C10H7NO4/c12-6-1-2-7-8(5-6)15-9(11-7)3-4-10(13)14/h1-5,12H,(H,13,14)/b4-3+. The first-order valence-electron chi connectivity index (χ1n) is 4.16. The minimum atomic E-state index is -1.07. The second-order valence-corrected chi connectivity index (χ2v) is 2.88. The molecule has 1 aromatic carbocycles. The average Bonchev–Trinajstić information content (AvgIpc) is 2.56. The van der Waals surface area contributed by atoms with Crippen molar-refractivity contribution in [1.82, 2.24) is 4.98 Å². The van der Waals surface area contributed by atoms with Crippen molar-refractivity contribution in [1.29, 1.82) is 0 Å². The number of aromatic nitrogens is 1. The molecule has 1 aromatic heterocycles. The zero-order valence-electron chi connectivity index (χ0n) is 7.54. The molecule has 0 bridgehead atoms. The molecule has 0 spiro atoms. The van der Waals surface area contributed by atoms with E-state index in [1.165, 1.54) is 18.2 Å². The Morgan fingerprint density at radius 2 is 2.27 bits per heavy atom. The van der Waals surface area contributed by atoms with Crippen molar-refractivity contribution in [2.24, 2.45) is 0 Å². The SMILES string of the molecule is O=C(O)/C=C/c1nc2ccc(O)cc2o1. The van der Waals surface area contributed by atoms with Gasteiger partial charge in [0, 0.05) is 18.2 Å². The first kappa shape index (κ1) is 9.26. The molecule has 5 heteroatoms. The van der Waals surface area contributed by atoms with Gasteiger partial charge in [0.2, 0.25) is 5.89 Å². The number of aromatic hydroxyl groups is 1. The number of carboxylic acids is 1. The van der Waals surface area contributed by atoms with E-state index in [1.54, 1.807) is 6.07 Å². The van der Waals surface area contributed by atoms with Gasteiger partial charge in [-0.2, -0.15) is 0 Å². The molecule has 0 aliphatic heterocycles. The number of benzene rings is 1. The Kier molecular flexibility index (Phi) is 2.13. The predicted octanol–water partition coefficient (Wildman–Crippen LogP) is 1.63. The molecule has 0 fully saturated rings. The lowest BCUT2D eigenvalue weighted by atomic mass is 10.3. The van der Waals surface area contributed by atoms with Crippen LogP contribution in [0, 0.1) is 0 Å². The number of rotatable bonds is 2. The van der Waals surface area contributed by atoms with E-state index < -0.39 is 5.97 Å². The number of hydrogen-bond acceptors (Lipinski definition) is 4. The summed E-state index contributed by atoms with van der Waals surface area (Å²) in [5.41, 5.74) is 0.984. The second-order valence-electron chi connectivity index (χ2n) is 2.88. The Hall–Kier alpha value is -2.30. The minimum absolute atomic E-state index is 0.0763. The molecular weight excluding hydrogens is 198 g/mol. The highest BCUT2D eigenvalue weighted by molar-refractivity contribution is 5.85. The summed E-state index contributed by atoms with van der Waals surface area (Å²) in [5, 5.41) is 17.6. The van der Waals surface area contributed by atoms with Crippen molar-refractivity contribution in [2.45, 2.75) is 0 Å². The largest absolute Gasteiger partial charge is 0.508 e. The number of phenolic OH excluding ortho intramolecular Hbond substituents is 1. The number of nitrogens with zero attached hydrogens (tertiary/aromatic N) is 1. The van der Waals surface area contributed by atoms with Crippen LogP contribution < -0.4 is 0 Å². The number of hydrogen-bond donors (Lipinski definition) is 2. The van der Waals surface area contributed by atoms with Gasteiger partial charge in [-0.05, 0) is 12.1 Å². The molecule has 0 saturated heterocycles. The zero-order chi connectivity index (χ0) is 10.8. The summed E-state index contributed by atoms with van der Waals surface area (Å²) in [7, 11) is 0. The van der Waals surface area contributed by atoms with Gasteiger partial charge in [0.25, 0.3) is 0 Å². The maximum Gasteiger partial charge on any atom is 0.328 e. The van der Waals surface area contributed by atoms with Crippen LogP contribution in [-0.2, 0) is 4.79 Å². The highest BCUT2D eigenvalue weighted by Gasteiger charge is 2.03. The number of aliphatic carboxylic acids is 1. The number of fused-ring (bicyclic) bond motifs is 1. The highest BCUT2D eigenvalue weighted by atomic mass is 16.4. The molecular formula is C10H7NO4. The molecule has 0 aliphatic carbocycles. The van der Waals surface area contributed by atoms with Crippen LogP contribution in [0.15, 0.2) is 28.7 Å². The van der Waals surface area contributed by atoms with Crippen molar-refractivity contribution >= 4 is 23.1 Å². The maximum atomic E-state index is 10.2. The van der Waals surface area contributed by atoms with Crippen LogP contribution >= 0.6 is 0 Å². The van der Waals surface area contributed by atoms with Crippen molar-refractivity contribution in [3.05, 3.63) is 30.2 Å². The molecule has 0 unspecified atom stereocenters. The van der Waals surface area contributed by atoms with E-state index in [9.17, 15) is 4.79 Å². The van der Waals surface area contributed by atoms with Gasteiger partial charge in [0.05, 0.1) is 0 Å². The molecule has 0 aliphatic rings. The Morgan fingerprint density at radius 3 is 3.00 bits per heavy atom. The van der Waals surface area contributed by atoms with Crippen molar-refractivity contribution in [3.63, 3.8) is 0 Å². The fourth-order valence-electron chi connectivity index (χ4n) is 1.14. The molecule has 15 heavy (non-hydrogen) atoms. The molecule has 2 aromatic rings. The lowest BCUT2D eigenvalue weighted by Gasteiger charge is -1.87. The van der Waals surface area contributed by atoms with Crippen molar-refractivity contribution in [2.75, 3.05) is 0 Å². The van der Waals surface area contributed by atoms with E-state index in [-0.39, 0.29) is 11.6 Å². The summed E-state index contributed by atoms with van der Waals surface area (Å²) in [5.74, 6) is -0.800. The van der Waals surface area contributed by atoms with E-state index in [0.717, 1.165) is 6.08 Å². The molecule has 0 atom stereocenters. The molecule has 0 amide bonds. The molecule has 5 nitrogen and oxygen atoms in total. The van der Waals surface area contributed by atoms with Crippen LogP contribution in [0.25, 0.3) is 17.2 Å². The molecule has 76 valence electrons. The van der Waals surface area contributed by atoms with Crippen LogP contribution in [0.3, 0.4) is 0 Å². The van der Waals surface area contributed by atoms with Gasteiger partial charge in [-0.15, -0.1) is 0 Å². The molecule has 1 heterocycles. The van der Waals surface area contributed by atoms with Crippen LogP contribution in [0.1, 0.15) is 5.89 Å². The summed E-state index contributed by atoms with van der Waals surface area (Å²) in [6.07, 6.45) is 2.18. The predicted molar refractivity (Wildman–Crippen MR) is 52.3 cm³/mol. The van der Waals surface area contributed by atoms with Gasteiger partial charge in [0.15, 0.2) is 5.58 Å². The van der Waals surface area contributed by atoms with Gasteiger partial charge < -0.3 is 14.6 Å². The normalized spacial score (nSPS) is 11.2. The van der Waals surface area contributed by atoms with Gasteiger partial charge in [0.1, 0.15) is 11.3 Å². The van der Waals surface area contributed by atoms with Crippen molar-refractivity contribution in [3.8, 4) is 5.75 Å². The Bertz CT molecular complexity index is 541. The summed E-state index contributed by atoms with van der Waals surface area (Å²) in [6.45, 7) is 0. The van der Waals surface area contributed by atoms with Crippen LogP contribution in [-0.4, -0.2) is 21.2 Å². The monoisotopic (exact) mass is 205 g/mol. The number of carbonyl (C=O) groups is 1. The molecule has 2 rings (SSSR count). The number of oxazole rings is 1. The fourth-order valence-corrected chi connectivity index (χ4v) is 1.14. The van der Waals surface area contributed by atoms with E-state index in [2.05, 4.69) is 4.98 Å². The Morgan fingerprint density at radius 1 is 1.47 bits per heavy atom. The van der Waals surface area contributed by atoms with Crippen molar-refractivity contribution < 1.29 is 19.4 Å². The summed E-state index contributed by atoms with van der Waals surface area (Å²) >= 11 is 0. The fraction of sp³-hybridized carbons (Fsp3) is 0. The van der Waals surface area contributed by atoms with E-state index >= 15 is 0 Å². The molecule has 0 radical (unpaired) electrons. The lowest BCUT2D eigenvalue weighted by molar-refractivity contribution is -0.131. The first-order chi connectivity index (χ1) is 7.15. The maximum absolute atomic E-state index is 10.2. The minimum Gasteiger partial charge on any atom is -0.508 e. The van der Waals surface area contributed by atoms with E-state index in [1.807, 2.05) is 0 Å². The van der Waals surface area contributed by atoms with Crippen LogP contribution in [0.4, 0.5) is 0 Å². The Balaban J connectivity index is 2.43. The van der Waals surface area contributed by atoms with Gasteiger partial charge >= 0.3 is 5.97 Å².